The van der Waals surface area contributed by atoms with E-state index < -0.39 is 17.4 Å². The van der Waals surface area contributed by atoms with Gasteiger partial charge in [0.2, 0.25) is 0 Å². The summed E-state index contributed by atoms with van der Waals surface area (Å²) in [6, 6.07) is 7.04. The lowest BCUT2D eigenvalue weighted by molar-refractivity contribution is -0.146. The van der Waals surface area contributed by atoms with Crippen LogP contribution in [0.4, 0.5) is 5.69 Å². The maximum atomic E-state index is 12.4. The molecule has 0 saturated carbocycles. The molecule has 0 spiro atoms. The fraction of sp³-hybridized carbons (Fsp3) is 0.312. The van der Waals surface area contributed by atoms with Crippen LogP contribution in [0.3, 0.4) is 0 Å². The average Bonchev–Trinajstić information content (AvgIpc) is 3.06. The summed E-state index contributed by atoms with van der Waals surface area (Å²) in [5.41, 5.74) is -0.994. The third-order valence-electron chi connectivity index (χ3n) is 3.75. The molecule has 1 aromatic carbocycles. The molecule has 120 valence electrons. The van der Waals surface area contributed by atoms with Crippen molar-refractivity contribution in [2.75, 3.05) is 11.9 Å². The van der Waals surface area contributed by atoms with Crippen LogP contribution < -0.4 is 15.4 Å². The predicted octanol–water partition coefficient (Wildman–Crippen LogP) is 1.18. The van der Waals surface area contributed by atoms with Crippen LogP contribution >= 0.6 is 0 Å². The van der Waals surface area contributed by atoms with Crippen molar-refractivity contribution in [3.05, 3.63) is 43.0 Å². The number of fused-ring (bicyclic) bond motifs is 1. The number of hydrogen-bond acceptors (Lipinski definition) is 4. The molecule has 2 heterocycles. The third kappa shape index (κ3) is 3.03. The van der Waals surface area contributed by atoms with Crippen LogP contribution in [0.5, 0.6) is 5.75 Å². The minimum Gasteiger partial charge on any atom is -0.466 e. The standard InChI is InChI=1S/C16H18N4O3/c1-16(14(21)18-7-4-9-20-10-8-17-11-20)15(22)19-12-5-2-3-6-13(12)23-16/h2-3,5-6,8,10-11H,4,7,9H2,1H3,(H,18,21)(H,19,22). The summed E-state index contributed by atoms with van der Waals surface area (Å²) in [6.07, 6.45) is 6.02. The summed E-state index contributed by atoms with van der Waals surface area (Å²) >= 11 is 0. The van der Waals surface area contributed by atoms with Crippen LogP contribution in [0, 0.1) is 0 Å². The van der Waals surface area contributed by atoms with Crippen LogP contribution in [0.2, 0.25) is 0 Å². The highest BCUT2D eigenvalue weighted by atomic mass is 16.5. The van der Waals surface area contributed by atoms with E-state index in [0.717, 1.165) is 13.0 Å². The van der Waals surface area contributed by atoms with E-state index in [2.05, 4.69) is 15.6 Å². The smallest absolute Gasteiger partial charge is 0.278 e. The average molecular weight is 314 g/mol. The number of carbonyl (C=O) groups excluding carboxylic acids is 2. The summed E-state index contributed by atoms with van der Waals surface area (Å²) < 4.78 is 7.58. The predicted molar refractivity (Wildman–Crippen MR) is 84.0 cm³/mol. The number of carbonyl (C=O) groups is 2. The molecule has 1 atom stereocenters. The van der Waals surface area contributed by atoms with Crippen LogP contribution in [0.15, 0.2) is 43.0 Å². The van der Waals surface area contributed by atoms with Gasteiger partial charge in [-0.05, 0) is 25.5 Å². The van der Waals surface area contributed by atoms with Gasteiger partial charge in [0.15, 0.2) is 0 Å². The highest BCUT2D eigenvalue weighted by molar-refractivity contribution is 6.15. The molecule has 2 N–H and O–H groups in total. The summed E-state index contributed by atoms with van der Waals surface area (Å²) in [5, 5.41) is 5.47. The van der Waals surface area contributed by atoms with Crippen LogP contribution in [-0.4, -0.2) is 33.5 Å². The van der Waals surface area contributed by atoms with Crippen molar-refractivity contribution in [1.29, 1.82) is 0 Å². The van der Waals surface area contributed by atoms with Crippen LogP contribution in [-0.2, 0) is 16.1 Å². The lowest BCUT2D eigenvalue weighted by atomic mass is 10.0. The van der Waals surface area contributed by atoms with E-state index in [1.54, 1.807) is 36.8 Å². The Bertz CT molecular complexity index is 714. The number of hydrogen-bond donors (Lipinski definition) is 2. The molecule has 23 heavy (non-hydrogen) atoms. The maximum Gasteiger partial charge on any atom is 0.278 e. The molecular formula is C16H18N4O3. The highest BCUT2D eigenvalue weighted by Crippen LogP contribution is 2.33. The van der Waals surface area contributed by atoms with Crippen molar-refractivity contribution in [2.45, 2.75) is 25.5 Å². The Labute approximate surface area is 133 Å². The van der Waals surface area contributed by atoms with Crippen molar-refractivity contribution in [2.24, 2.45) is 0 Å². The van der Waals surface area contributed by atoms with Crippen molar-refractivity contribution >= 4 is 17.5 Å². The highest BCUT2D eigenvalue weighted by Gasteiger charge is 2.46. The molecule has 1 aliphatic heterocycles. The van der Waals surface area contributed by atoms with Gasteiger partial charge in [-0.15, -0.1) is 0 Å². The van der Waals surface area contributed by atoms with E-state index in [-0.39, 0.29) is 0 Å². The van der Waals surface area contributed by atoms with Gasteiger partial charge in [0.25, 0.3) is 17.4 Å². The Hall–Kier alpha value is -2.83. The Balaban J connectivity index is 1.59. The molecule has 0 radical (unpaired) electrons. The molecule has 7 nitrogen and oxygen atoms in total. The zero-order valence-electron chi connectivity index (χ0n) is 12.8. The minimum absolute atomic E-state index is 0.449. The Morgan fingerprint density at radius 2 is 2.26 bits per heavy atom. The lowest BCUT2D eigenvalue weighted by Gasteiger charge is -2.33. The minimum atomic E-state index is -1.57. The number of nitrogens with one attached hydrogen (secondary N) is 2. The lowest BCUT2D eigenvalue weighted by Crippen LogP contribution is -2.58. The van der Waals surface area contributed by atoms with Crippen LogP contribution in [0.25, 0.3) is 0 Å². The topological polar surface area (TPSA) is 85.2 Å². The molecule has 1 unspecified atom stereocenters. The fourth-order valence-corrected chi connectivity index (χ4v) is 2.37. The number of amides is 2. The summed E-state index contributed by atoms with van der Waals surface area (Å²) in [7, 11) is 0. The number of imidazole rings is 1. The largest absolute Gasteiger partial charge is 0.466 e. The number of benzene rings is 1. The zero-order valence-corrected chi connectivity index (χ0v) is 12.8. The second kappa shape index (κ2) is 6.12. The second-order valence-corrected chi connectivity index (χ2v) is 5.50. The van der Waals surface area contributed by atoms with Gasteiger partial charge in [-0.2, -0.15) is 0 Å². The summed E-state index contributed by atoms with van der Waals surface area (Å²) in [4.78, 5) is 28.6. The molecular weight excluding hydrogens is 296 g/mol. The van der Waals surface area contributed by atoms with E-state index in [0.29, 0.717) is 18.0 Å². The third-order valence-corrected chi connectivity index (χ3v) is 3.75. The van der Waals surface area contributed by atoms with Gasteiger partial charge in [0.1, 0.15) is 5.75 Å². The Kier molecular flexibility index (Phi) is 4.01. The first-order valence-electron chi connectivity index (χ1n) is 7.43. The number of aromatic nitrogens is 2. The first-order chi connectivity index (χ1) is 11.1. The number of para-hydroxylation sites is 2. The maximum absolute atomic E-state index is 12.4. The van der Waals surface area contributed by atoms with Gasteiger partial charge in [0, 0.05) is 25.5 Å². The van der Waals surface area contributed by atoms with Gasteiger partial charge in [-0.25, -0.2) is 4.98 Å². The zero-order chi connectivity index (χ0) is 16.3. The molecule has 0 bridgehead atoms. The molecule has 0 aliphatic carbocycles. The van der Waals surface area contributed by atoms with E-state index in [9.17, 15) is 9.59 Å². The van der Waals surface area contributed by atoms with E-state index in [1.165, 1.54) is 6.92 Å². The number of ether oxygens (including phenoxy) is 1. The summed E-state index contributed by atoms with van der Waals surface area (Å²) in [5.74, 6) is -0.429. The molecule has 2 aromatic rings. The Morgan fingerprint density at radius 3 is 3.04 bits per heavy atom. The van der Waals surface area contributed by atoms with Crippen molar-refractivity contribution < 1.29 is 14.3 Å². The molecule has 0 saturated heterocycles. The van der Waals surface area contributed by atoms with E-state index in [4.69, 9.17) is 4.74 Å². The van der Waals surface area contributed by atoms with E-state index >= 15 is 0 Å². The van der Waals surface area contributed by atoms with Gasteiger partial charge in [-0.1, -0.05) is 12.1 Å². The molecule has 2 amide bonds. The van der Waals surface area contributed by atoms with Gasteiger partial charge in [0.05, 0.1) is 12.0 Å². The number of rotatable bonds is 5. The quantitative estimate of drug-likeness (QED) is 0.641. The normalized spacial score (nSPS) is 19.4. The van der Waals surface area contributed by atoms with Crippen molar-refractivity contribution in [1.82, 2.24) is 14.9 Å². The van der Waals surface area contributed by atoms with E-state index in [1.807, 2.05) is 10.8 Å². The molecule has 3 rings (SSSR count). The van der Waals surface area contributed by atoms with Crippen molar-refractivity contribution in [3.63, 3.8) is 0 Å². The van der Waals surface area contributed by atoms with Gasteiger partial charge >= 0.3 is 0 Å². The van der Waals surface area contributed by atoms with Crippen LogP contribution in [0.1, 0.15) is 13.3 Å². The van der Waals surface area contributed by atoms with Gasteiger partial charge < -0.3 is 19.9 Å². The SMILES string of the molecule is CC1(C(=O)NCCCn2ccnc2)Oc2ccccc2NC1=O. The second-order valence-electron chi connectivity index (χ2n) is 5.50. The number of anilines is 1. The van der Waals surface area contributed by atoms with Crippen molar-refractivity contribution in [3.8, 4) is 5.75 Å². The monoisotopic (exact) mass is 314 g/mol. The summed E-state index contributed by atoms with van der Waals surface area (Å²) in [6.45, 7) is 2.67. The first kappa shape index (κ1) is 15.1. The number of nitrogens with zero attached hydrogens (tertiary/aromatic N) is 2. The number of aryl methyl sites for hydroxylation is 1. The first-order valence-corrected chi connectivity index (χ1v) is 7.43. The molecule has 1 aromatic heterocycles. The molecule has 1 aliphatic rings. The fourth-order valence-electron chi connectivity index (χ4n) is 2.37. The van der Waals surface area contributed by atoms with Gasteiger partial charge in [-0.3, -0.25) is 9.59 Å². The molecule has 7 heteroatoms. The molecule has 0 fully saturated rings. The Morgan fingerprint density at radius 1 is 1.43 bits per heavy atom.